The highest BCUT2D eigenvalue weighted by molar-refractivity contribution is 5.35. The van der Waals surface area contributed by atoms with Crippen LogP contribution in [0.5, 0.6) is 0 Å². The molecule has 0 unspecified atom stereocenters. The Morgan fingerprint density at radius 3 is 2.62 bits per heavy atom. The Morgan fingerprint density at radius 2 is 1.96 bits per heavy atom. The number of rotatable bonds is 4. The molecule has 9 heteroatoms. The molecule has 0 aliphatic rings. The number of aromatic nitrogens is 5. The molecule has 0 N–H and O–H groups in total. The zero-order chi connectivity index (χ0) is 17.3. The Morgan fingerprint density at radius 1 is 1.17 bits per heavy atom. The quantitative estimate of drug-likeness (QED) is 0.637. The Hall–Kier alpha value is -3.41. The van der Waals surface area contributed by atoms with Crippen molar-refractivity contribution < 1.29 is 0 Å². The van der Waals surface area contributed by atoms with Crippen molar-refractivity contribution in [3.8, 4) is 6.07 Å². The molecule has 3 aromatic rings. The van der Waals surface area contributed by atoms with Crippen LogP contribution >= 0.6 is 0 Å². The van der Waals surface area contributed by atoms with E-state index in [1.807, 2.05) is 0 Å². The van der Waals surface area contributed by atoms with E-state index in [0.717, 1.165) is 4.57 Å². The average Bonchev–Trinajstić information content (AvgIpc) is 2.91. The normalized spacial score (nSPS) is 10.8. The molecule has 3 heterocycles. The fraction of sp³-hybridized carbons (Fsp3) is 0.267. The summed E-state index contributed by atoms with van der Waals surface area (Å²) in [4.78, 5) is 36.7. The second kappa shape index (κ2) is 6.00. The number of nitriles is 1. The molecule has 0 aliphatic carbocycles. The molecule has 0 aromatic carbocycles. The maximum absolute atomic E-state index is 12.3. The largest absolute Gasteiger partial charge is 0.350 e. The molecular weight excluding hydrogens is 312 g/mol. The minimum Gasteiger partial charge on any atom is -0.299 e. The molecule has 3 aromatic heterocycles. The summed E-state index contributed by atoms with van der Waals surface area (Å²) in [6, 6.07) is 6.94. The maximum Gasteiger partial charge on any atom is 0.350 e. The number of pyridine rings is 1. The Kier molecular flexibility index (Phi) is 3.87. The fourth-order valence-electron chi connectivity index (χ4n) is 2.46. The third-order valence-electron chi connectivity index (χ3n) is 3.72. The number of hydrogen-bond acceptors (Lipinski definition) is 5. The summed E-state index contributed by atoms with van der Waals surface area (Å²) in [5, 5.41) is 13.2. The lowest BCUT2D eigenvalue weighted by Crippen LogP contribution is -2.42. The summed E-state index contributed by atoms with van der Waals surface area (Å²) >= 11 is 0. The van der Waals surface area contributed by atoms with Crippen LogP contribution in [-0.4, -0.2) is 23.3 Å². The molecular formula is C15H14N6O3. The van der Waals surface area contributed by atoms with Gasteiger partial charge in [-0.1, -0.05) is 6.07 Å². The predicted molar refractivity (Wildman–Crippen MR) is 84.8 cm³/mol. The molecule has 122 valence electrons. The molecule has 24 heavy (non-hydrogen) atoms. The van der Waals surface area contributed by atoms with Crippen LogP contribution in [0, 0.1) is 11.3 Å². The van der Waals surface area contributed by atoms with E-state index in [4.69, 9.17) is 5.26 Å². The molecule has 0 saturated heterocycles. The van der Waals surface area contributed by atoms with Gasteiger partial charge in [0.15, 0.2) is 5.65 Å². The molecule has 0 bridgehead atoms. The maximum atomic E-state index is 12.3. The number of hydrogen-bond donors (Lipinski definition) is 0. The number of fused-ring (bicyclic) bond motifs is 1. The first-order chi connectivity index (χ1) is 11.6. The van der Waals surface area contributed by atoms with Crippen LogP contribution < -0.4 is 16.9 Å². The van der Waals surface area contributed by atoms with Crippen molar-refractivity contribution in [2.24, 2.45) is 0 Å². The summed E-state index contributed by atoms with van der Waals surface area (Å²) in [5.41, 5.74) is -1.17. The van der Waals surface area contributed by atoms with Crippen molar-refractivity contribution in [3.63, 3.8) is 0 Å². The second-order valence-corrected chi connectivity index (χ2v) is 5.11. The van der Waals surface area contributed by atoms with Crippen molar-refractivity contribution in [2.75, 3.05) is 0 Å². The van der Waals surface area contributed by atoms with Gasteiger partial charge in [0.2, 0.25) is 0 Å². The highest BCUT2D eigenvalue weighted by Gasteiger charge is 2.12. The molecule has 0 spiro atoms. The lowest BCUT2D eigenvalue weighted by atomic mass is 10.3. The summed E-state index contributed by atoms with van der Waals surface area (Å²) < 4.78 is 4.81. The standard InChI is InChI=1S/C15H14N6O3/c1-2-18-10-11(9-16)13(22)20(14(18)23)7-8-21-15(24)19-6-4-3-5-12(19)17-21/h3-6,10H,2,7-8H2,1H3. The van der Waals surface area contributed by atoms with E-state index < -0.39 is 11.2 Å². The van der Waals surface area contributed by atoms with E-state index in [1.54, 1.807) is 37.4 Å². The van der Waals surface area contributed by atoms with E-state index in [1.165, 1.54) is 19.8 Å². The van der Waals surface area contributed by atoms with Crippen molar-refractivity contribution in [1.82, 2.24) is 23.3 Å². The summed E-state index contributed by atoms with van der Waals surface area (Å²) in [6.07, 6.45) is 2.84. The Bertz CT molecular complexity index is 1130. The van der Waals surface area contributed by atoms with E-state index in [9.17, 15) is 14.4 Å². The molecule has 0 fully saturated rings. The molecule has 9 nitrogen and oxygen atoms in total. The third-order valence-corrected chi connectivity index (χ3v) is 3.72. The first kappa shape index (κ1) is 15.5. The topological polar surface area (TPSA) is 107 Å². The van der Waals surface area contributed by atoms with E-state index >= 15 is 0 Å². The van der Waals surface area contributed by atoms with Crippen LogP contribution in [0.4, 0.5) is 0 Å². The minimum absolute atomic E-state index is 0.0447. The second-order valence-electron chi connectivity index (χ2n) is 5.11. The highest BCUT2D eigenvalue weighted by atomic mass is 16.2. The third kappa shape index (κ3) is 2.44. The van der Waals surface area contributed by atoms with Gasteiger partial charge in [-0.3, -0.25) is 18.3 Å². The van der Waals surface area contributed by atoms with E-state index in [0.29, 0.717) is 12.2 Å². The zero-order valence-electron chi connectivity index (χ0n) is 12.9. The van der Waals surface area contributed by atoms with Gasteiger partial charge >= 0.3 is 11.4 Å². The van der Waals surface area contributed by atoms with Crippen molar-refractivity contribution >= 4 is 5.65 Å². The SMILES string of the molecule is CCn1cc(C#N)c(=O)n(CCn2nc3ccccn3c2=O)c1=O. The van der Waals surface area contributed by atoms with Gasteiger partial charge in [-0.2, -0.15) is 5.26 Å². The summed E-state index contributed by atoms with van der Waals surface area (Å²) in [5.74, 6) is 0. The first-order valence-corrected chi connectivity index (χ1v) is 7.35. The van der Waals surface area contributed by atoms with E-state index in [-0.39, 0.29) is 24.3 Å². The van der Waals surface area contributed by atoms with Gasteiger partial charge in [-0.25, -0.2) is 14.3 Å². The number of nitrogens with zero attached hydrogens (tertiary/aromatic N) is 6. The fourth-order valence-corrected chi connectivity index (χ4v) is 2.46. The minimum atomic E-state index is -0.663. The van der Waals surface area contributed by atoms with Crippen LogP contribution in [0.3, 0.4) is 0 Å². The van der Waals surface area contributed by atoms with Gasteiger partial charge in [0.1, 0.15) is 11.6 Å². The Balaban J connectivity index is 2.01. The predicted octanol–water partition coefficient (Wildman–Crippen LogP) is -0.589. The molecule has 0 saturated carbocycles. The summed E-state index contributed by atoms with van der Waals surface area (Å²) in [6.45, 7) is 2.08. The van der Waals surface area contributed by atoms with Crippen molar-refractivity contribution in [2.45, 2.75) is 26.6 Å². The van der Waals surface area contributed by atoms with Crippen LogP contribution in [0.15, 0.2) is 45.0 Å². The van der Waals surface area contributed by atoms with Crippen LogP contribution in [0.2, 0.25) is 0 Å². The van der Waals surface area contributed by atoms with Gasteiger partial charge in [0, 0.05) is 18.9 Å². The van der Waals surface area contributed by atoms with Gasteiger partial charge < -0.3 is 0 Å². The molecule has 0 atom stereocenters. The van der Waals surface area contributed by atoms with Crippen molar-refractivity contribution in [1.29, 1.82) is 5.26 Å². The van der Waals surface area contributed by atoms with Gasteiger partial charge in [-0.15, -0.1) is 5.10 Å². The Labute approximate surface area is 135 Å². The lowest BCUT2D eigenvalue weighted by Gasteiger charge is -2.08. The molecule has 0 radical (unpaired) electrons. The highest BCUT2D eigenvalue weighted by Crippen LogP contribution is 1.95. The molecule has 3 rings (SSSR count). The number of aryl methyl sites for hydroxylation is 2. The van der Waals surface area contributed by atoms with Gasteiger partial charge in [-0.05, 0) is 19.1 Å². The molecule has 0 aliphatic heterocycles. The average molecular weight is 326 g/mol. The van der Waals surface area contributed by atoms with Gasteiger partial charge in [0.25, 0.3) is 5.56 Å². The van der Waals surface area contributed by atoms with Crippen LogP contribution in [0.1, 0.15) is 12.5 Å². The smallest absolute Gasteiger partial charge is 0.299 e. The summed E-state index contributed by atoms with van der Waals surface area (Å²) in [7, 11) is 0. The van der Waals surface area contributed by atoms with Crippen molar-refractivity contribution in [3.05, 3.63) is 67.5 Å². The van der Waals surface area contributed by atoms with Crippen LogP contribution in [-0.2, 0) is 19.6 Å². The monoisotopic (exact) mass is 326 g/mol. The van der Waals surface area contributed by atoms with Crippen LogP contribution in [0.25, 0.3) is 5.65 Å². The zero-order valence-corrected chi connectivity index (χ0v) is 12.9. The van der Waals surface area contributed by atoms with Gasteiger partial charge in [0.05, 0.1) is 13.1 Å². The lowest BCUT2D eigenvalue weighted by molar-refractivity contribution is 0.478. The van der Waals surface area contributed by atoms with E-state index in [2.05, 4.69) is 5.10 Å². The molecule has 0 amide bonds. The first-order valence-electron chi connectivity index (χ1n) is 7.35.